The Morgan fingerprint density at radius 1 is 1.08 bits per heavy atom. The first kappa shape index (κ1) is 26.9. The Morgan fingerprint density at radius 2 is 1.64 bits per heavy atom. The molecule has 2 aromatic carbocycles. The van der Waals surface area contributed by atoms with Gasteiger partial charge in [0.05, 0.1) is 26.9 Å². The van der Waals surface area contributed by atoms with Gasteiger partial charge < -0.3 is 20.6 Å². The van der Waals surface area contributed by atoms with E-state index in [1.807, 2.05) is 0 Å². The summed E-state index contributed by atoms with van der Waals surface area (Å²) >= 11 is 6.19. The minimum atomic E-state index is -4.10. The van der Waals surface area contributed by atoms with Crippen molar-refractivity contribution in [3.8, 4) is 0 Å². The van der Waals surface area contributed by atoms with E-state index in [2.05, 4.69) is 5.32 Å². The third-order valence-electron chi connectivity index (χ3n) is 7.38. The predicted molar refractivity (Wildman–Crippen MR) is 125 cm³/mol. The van der Waals surface area contributed by atoms with Gasteiger partial charge in [0, 0.05) is 23.4 Å². The maximum Gasteiger partial charge on any atom is 0.255 e. The number of aliphatic hydroxyl groups is 3. The Hall–Kier alpha value is -2.18. The topological polar surface area (TPSA) is 124 Å². The first-order valence-electron chi connectivity index (χ1n) is 11.3. The van der Waals surface area contributed by atoms with Crippen molar-refractivity contribution in [2.75, 3.05) is 5.32 Å². The monoisotopic (exact) mass is 547 g/mol. The fourth-order valence-electron chi connectivity index (χ4n) is 5.54. The lowest BCUT2D eigenvalue weighted by molar-refractivity contribution is -0.172. The Bertz CT molecular complexity index is 1270. The van der Waals surface area contributed by atoms with Crippen molar-refractivity contribution in [2.24, 2.45) is 11.8 Å². The normalized spacial score (nSPS) is 27.5. The molecular formula is C24H25ClF3NO6S. The van der Waals surface area contributed by atoms with Crippen LogP contribution in [-0.4, -0.2) is 52.7 Å². The van der Waals surface area contributed by atoms with E-state index in [0.717, 1.165) is 6.07 Å². The number of fused-ring (bicyclic) bond motifs is 2. The van der Waals surface area contributed by atoms with Crippen LogP contribution in [0.15, 0.2) is 35.2 Å². The maximum atomic E-state index is 13.6. The summed E-state index contributed by atoms with van der Waals surface area (Å²) in [4.78, 5) is 12.3. The highest BCUT2D eigenvalue weighted by atomic mass is 35.5. The van der Waals surface area contributed by atoms with Gasteiger partial charge in [-0.1, -0.05) is 11.6 Å². The summed E-state index contributed by atoms with van der Waals surface area (Å²) in [5.74, 6) is -6.72. The minimum absolute atomic E-state index is 0.0278. The minimum Gasteiger partial charge on any atom is -0.391 e. The highest BCUT2D eigenvalue weighted by molar-refractivity contribution is 7.92. The van der Waals surface area contributed by atoms with Crippen molar-refractivity contribution >= 4 is 33.0 Å². The SMILES string of the molecule is C[C@@H](O)[C@@H](O)[C@@]1(O)[C@@H]2CC[C@H]1C[C@H](S(=O)(=O)c1cc(C(=O)Nc3cc(F)c(F)c(F)c3)ccc1Cl)C2. The maximum absolute atomic E-state index is 13.6. The van der Waals surface area contributed by atoms with Crippen LogP contribution in [0, 0.1) is 29.3 Å². The van der Waals surface area contributed by atoms with Crippen LogP contribution < -0.4 is 5.32 Å². The largest absolute Gasteiger partial charge is 0.391 e. The number of carbonyl (C=O) groups is 1. The van der Waals surface area contributed by atoms with Gasteiger partial charge in [-0.15, -0.1) is 0 Å². The molecule has 7 nitrogen and oxygen atoms in total. The van der Waals surface area contributed by atoms with Gasteiger partial charge in [0.2, 0.25) is 0 Å². The molecule has 2 aliphatic rings. The van der Waals surface area contributed by atoms with E-state index in [1.165, 1.54) is 19.1 Å². The Labute approximate surface area is 210 Å². The van der Waals surface area contributed by atoms with Crippen LogP contribution >= 0.6 is 11.6 Å². The summed E-state index contributed by atoms with van der Waals surface area (Å²) in [6.45, 7) is 1.36. The van der Waals surface area contributed by atoms with E-state index >= 15 is 0 Å². The summed E-state index contributed by atoms with van der Waals surface area (Å²) < 4.78 is 67.2. The van der Waals surface area contributed by atoms with Crippen molar-refractivity contribution in [3.05, 3.63) is 58.4 Å². The van der Waals surface area contributed by atoms with Gasteiger partial charge in [-0.05, 0) is 62.6 Å². The number of rotatable bonds is 6. The number of nitrogens with one attached hydrogen (secondary N) is 1. The zero-order chi connectivity index (χ0) is 26.6. The third-order valence-corrected chi connectivity index (χ3v) is 10.0. The zero-order valence-electron chi connectivity index (χ0n) is 19.1. The van der Waals surface area contributed by atoms with E-state index in [4.69, 9.17) is 11.6 Å². The molecule has 0 aliphatic heterocycles. The van der Waals surface area contributed by atoms with E-state index in [-0.39, 0.29) is 34.0 Å². The van der Waals surface area contributed by atoms with Gasteiger partial charge in [-0.2, -0.15) is 0 Å². The summed E-state index contributed by atoms with van der Waals surface area (Å²) in [5.41, 5.74) is -2.13. The average molecular weight is 548 g/mol. The molecule has 0 saturated heterocycles. The number of hydrogen-bond acceptors (Lipinski definition) is 6. The smallest absolute Gasteiger partial charge is 0.255 e. The molecule has 0 aromatic heterocycles. The molecule has 2 fully saturated rings. The predicted octanol–water partition coefficient (Wildman–Crippen LogP) is 3.44. The van der Waals surface area contributed by atoms with Crippen LogP contribution in [-0.2, 0) is 9.84 Å². The van der Waals surface area contributed by atoms with Crippen LogP contribution in [0.2, 0.25) is 5.02 Å². The van der Waals surface area contributed by atoms with Crippen LogP contribution in [0.5, 0.6) is 0 Å². The number of amides is 1. The van der Waals surface area contributed by atoms with Gasteiger partial charge in [-0.3, -0.25) is 4.79 Å². The zero-order valence-corrected chi connectivity index (χ0v) is 20.7. The molecule has 36 heavy (non-hydrogen) atoms. The molecule has 2 aliphatic carbocycles. The van der Waals surface area contributed by atoms with Crippen molar-refractivity contribution in [2.45, 2.75) is 60.6 Å². The molecule has 1 amide bonds. The molecule has 12 heteroatoms. The van der Waals surface area contributed by atoms with Crippen molar-refractivity contribution in [1.82, 2.24) is 0 Å². The Morgan fingerprint density at radius 3 is 2.17 bits per heavy atom. The molecule has 2 aromatic rings. The number of aliphatic hydroxyl groups excluding tert-OH is 2. The molecule has 0 spiro atoms. The van der Waals surface area contributed by atoms with Crippen LogP contribution in [0.3, 0.4) is 0 Å². The first-order chi connectivity index (χ1) is 16.8. The molecule has 2 saturated carbocycles. The van der Waals surface area contributed by atoms with Crippen LogP contribution in [0.25, 0.3) is 0 Å². The Kier molecular flexibility index (Phi) is 7.17. The molecule has 6 atom stereocenters. The molecule has 0 unspecified atom stereocenters. The summed E-state index contributed by atoms with van der Waals surface area (Å²) in [6, 6.07) is 4.67. The lowest BCUT2D eigenvalue weighted by Crippen LogP contribution is -2.58. The lowest BCUT2D eigenvalue weighted by Gasteiger charge is -2.46. The molecule has 4 N–H and O–H groups in total. The fraction of sp³-hybridized carbons (Fsp3) is 0.458. The molecule has 196 valence electrons. The fourth-order valence-corrected chi connectivity index (χ4v) is 7.94. The van der Waals surface area contributed by atoms with Crippen LogP contribution in [0.1, 0.15) is 43.0 Å². The Balaban J connectivity index is 1.59. The van der Waals surface area contributed by atoms with E-state index in [9.17, 15) is 41.7 Å². The lowest BCUT2D eigenvalue weighted by atomic mass is 9.70. The van der Waals surface area contributed by atoms with Gasteiger partial charge >= 0.3 is 0 Å². The number of sulfone groups is 1. The van der Waals surface area contributed by atoms with Crippen molar-refractivity contribution in [1.29, 1.82) is 0 Å². The van der Waals surface area contributed by atoms with Crippen LogP contribution in [0.4, 0.5) is 18.9 Å². The average Bonchev–Trinajstić information content (AvgIpc) is 2.98. The van der Waals surface area contributed by atoms with Crippen molar-refractivity contribution < 1.29 is 41.7 Å². The molecule has 2 bridgehead atoms. The van der Waals surface area contributed by atoms with Gasteiger partial charge in [0.1, 0.15) is 6.10 Å². The number of anilines is 1. The van der Waals surface area contributed by atoms with Crippen molar-refractivity contribution in [3.63, 3.8) is 0 Å². The number of carbonyl (C=O) groups excluding carboxylic acids is 1. The van der Waals surface area contributed by atoms with Gasteiger partial charge in [0.25, 0.3) is 5.91 Å². The summed E-state index contributed by atoms with van der Waals surface area (Å²) in [7, 11) is -4.10. The third kappa shape index (κ3) is 4.51. The molecule has 0 radical (unpaired) electrons. The van der Waals surface area contributed by atoms with E-state index in [0.29, 0.717) is 25.0 Å². The van der Waals surface area contributed by atoms with Gasteiger partial charge in [0.15, 0.2) is 27.3 Å². The second-order valence-electron chi connectivity index (χ2n) is 9.54. The first-order valence-corrected chi connectivity index (χ1v) is 13.3. The van der Waals surface area contributed by atoms with E-state index < -0.39 is 68.1 Å². The standard InChI is InChI=1S/C24H25ClF3NO6S/c1-11(30)22(31)24(33)13-3-4-14(24)8-16(7-13)36(34,35)20-6-12(2-5-17(20)25)23(32)29-15-9-18(26)21(28)19(27)10-15/h2,5-6,9-11,13-14,16,22,30-31,33H,3-4,7-8H2,1H3,(H,29,32)/t11-,13-,14+,16-,22-,24-/m1/s1. The highest BCUT2D eigenvalue weighted by Gasteiger charge is 2.59. The molecular weight excluding hydrogens is 523 g/mol. The second kappa shape index (κ2) is 9.60. The number of halogens is 4. The highest BCUT2D eigenvalue weighted by Crippen LogP contribution is 2.54. The quantitative estimate of drug-likeness (QED) is 0.411. The summed E-state index contributed by atoms with van der Waals surface area (Å²) in [6.07, 6.45) is -1.59. The second-order valence-corrected chi connectivity index (χ2v) is 12.1. The molecule has 4 rings (SSSR count). The van der Waals surface area contributed by atoms with Gasteiger partial charge in [-0.25, -0.2) is 21.6 Å². The number of benzene rings is 2. The number of hydrogen-bond donors (Lipinski definition) is 4. The summed E-state index contributed by atoms with van der Waals surface area (Å²) in [5, 5.41) is 32.5. The van der Waals surface area contributed by atoms with E-state index in [1.54, 1.807) is 0 Å². The molecule has 0 heterocycles.